The SMILES string of the molecule is C[NH+]1CCN(c2ccccc2NS(=O)(=O)c2ccc(Cl)s2)CC1. The van der Waals surface area contributed by atoms with Crippen LogP contribution in [0.15, 0.2) is 40.6 Å². The van der Waals surface area contributed by atoms with Crippen LogP contribution in [0.5, 0.6) is 0 Å². The minimum atomic E-state index is -3.61. The lowest BCUT2D eigenvalue weighted by Gasteiger charge is -2.33. The lowest BCUT2D eigenvalue weighted by atomic mass is 10.2. The molecule has 0 bridgehead atoms. The van der Waals surface area contributed by atoms with E-state index in [0.717, 1.165) is 43.2 Å². The Kier molecular flexibility index (Phi) is 4.82. The number of para-hydroxylation sites is 2. The van der Waals surface area contributed by atoms with E-state index < -0.39 is 10.0 Å². The zero-order chi connectivity index (χ0) is 16.4. The molecule has 1 saturated heterocycles. The van der Waals surface area contributed by atoms with E-state index in [0.29, 0.717) is 10.0 Å². The molecule has 2 N–H and O–H groups in total. The van der Waals surface area contributed by atoms with Crippen LogP contribution in [0, 0.1) is 0 Å². The summed E-state index contributed by atoms with van der Waals surface area (Å²) in [5.41, 5.74) is 1.53. The van der Waals surface area contributed by atoms with Gasteiger partial charge in [0, 0.05) is 0 Å². The first-order valence-corrected chi connectivity index (χ1v) is 10.1. The zero-order valence-corrected chi connectivity index (χ0v) is 15.1. The number of nitrogens with zero attached hydrogens (tertiary/aromatic N) is 1. The van der Waals surface area contributed by atoms with E-state index in [1.54, 1.807) is 12.1 Å². The van der Waals surface area contributed by atoms with E-state index in [1.165, 1.54) is 11.0 Å². The molecule has 0 saturated carbocycles. The summed E-state index contributed by atoms with van der Waals surface area (Å²) in [6.07, 6.45) is 0. The van der Waals surface area contributed by atoms with Crippen molar-refractivity contribution in [3.05, 3.63) is 40.7 Å². The molecule has 2 heterocycles. The van der Waals surface area contributed by atoms with Crippen LogP contribution in [0.1, 0.15) is 0 Å². The van der Waals surface area contributed by atoms with Crippen LogP contribution in [0.25, 0.3) is 0 Å². The van der Waals surface area contributed by atoms with Crippen molar-refractivity contribution < 1.29 is 13.3 Å². The molecule has 0 spiro atoms. The number of benzene rings is 1. The molecule has 1 aliphatic heterocycles. The van der Waals surface area contributed by atoms with Gasteiger partial charge in [-0.15, -0.1) is 11.3 Å². The van der Waals surface area contributed by atoms with Crippen LogP contribution in [0.4, 0.5) is 11.4 Å². The summed E-state index contributed by atoms with van der Waals surface area (Å²) in [5.74, 6) is 0. The molecular formula is C15H19ClN3O2S2+. The van der Waals surface area contributed by atoms with Crippen molar-refractivity contribution in [1.82, 2.24) is 0 Å². The topological polar surface area (TPSA) is 53.9 Å². The average Bonchev–Trinajstić information content (AvgIpc) is 2.96. The minimum absolute atomic E-state index is 0.222. The van der Waals surface area contributed by atoms with E-state index in [1.807, 2.05) is 18.2 Å². The number of halogens is 1. The summed E-state index contributed by atoms with van der Waals surface area (Å²) in [4.78, 5) is 3.72. The van der Waals surface area contributed by atoms with E-state index in [4.69, 9.17) is 11.6 Å². The Morgan fingerprint density at radius 1 is 1.17 bits per heavy atom. The Hall–Kier alpha value is -1.28. The number of thiophene rings is 1. The number of hydrogen-bond donors (Lipinski definition) is 2. The van der Waals surface area contributed by atoms with Crippen LogP contribution >= 0.6 is 22.9 Å². The second-order valence-electron chi connectivity index (χ2n) is 5.63. The highest BCUT2D eigenvalue weighted by Gasteiger charge is 2.22. The molecular weight excluding hydrogens is 354 g/mol. The van der Waals surface area contributed by atoms with Crippen LogP contribution in [-0.4, -0.2) is 41.6 Å². The Morgan fingerprint density at radius 2 is 1.87 bits per heavy atom. The number of rotatable bonds is 4. The molecule has 1 fully saturated rings. The van der Waals surface area contributed by atoms with Gasteiger partial charge >= 0.3 is 0 Å². The van der Waals surface area contributed by atoms with Gasteiger partial charge in [-0.05, 0) is 24.3 Å². The molecule has 2 aromatic rings. The van der Waals surface area contributed by atoms with Gasteiger partial charge in [-0.2, -0.15) is 0 Å². The molecule has 1 aromatic carbocycles. The summed E-state index contributed by atoms with van der Waals surface area (Å²) < 4.78 is 28.4. The van der Waals surface area contributed by atoms with Gasteiger partial charge in [-0.3, -0.25) is 4.72 Å². The van der Waals surface area contributed by atoms with Crippen LogP contribution in [0.3, 0.4) is 0 Å². The van der Waals surface area contributed by atoms with Crippen LogP contribution in [0.2, 0.25) is 4.34 Å². The minimum Gasteiger partial charge on any atom is -0.359 e. The van der Waals surface area contributed by atoms with E-state index in [2.05, 4.69) is 16.7 Å². The van der Waals surface area contributed by atoms with Gasteiger partial charge in [0.2, 0.25) is 0 Å². The third-order valence-corrected chi connectivity index (χ3v) is 7.01. The zero-order valence-electron chi connectivity index (χ0n) is 12.8. The van der Waals surface area contributed by atoms with E-state index >= 15 is 0 Å². The molecule has 23 heavy (non-hydrogen) atoms. The number of hydrogen-bond acceptors (Lipinski definition) is 4. The van der Waals surface area contributed by atoms with Crippen molar-refractivity contribution in [2.45, 2.75) is 4.21 Å². The molecule has 0 atom stereocenters. The first-order valence-electron chi connectivity index (χ1n) is 7.39. The van der Waals surface area contributed by atoms with E-state index in [9.17, 15) is 8.42 Å². The second kappa shape index (κ2) is 6.68. The van der Waals surface area contributed by atoms with Crippen LogP contribution < -0.4 is 14.5 Å². The monoisotopic (exact) mass is 372 g/mol. The van der Waals surface area contributed by atoms with Gasteiger partial charge in [-0.25, -0.2) is 8.42 Å². The van der Waals surface area contributed by atoms with Crippen molar-refractivity contribution in [1.29, 1.82) is 0 Å². The Morgan fingerprint density at radius 3 is 2.52 bits per heavy atom. The van der Waals surface area contributed by atoms with Crippen molar-refractivity contribution in [2.75, 3.05) is 42.8 Å². The smallest absolute Gasteiger partial charge is 0.271 e. The fraction of sp³-hybridized carbons (Fsp3) is 0.333. The second-order valence-corrected chi connectivity index (χ2v) is 9.25. The number of sulfonamides is 1. The molecule has 124 valence electrons. The number of anilines is 2. The first kappa shape index (κ1) is 16.6. The van der Waals surface area contributed by atoms with Crippen molar-refractivity contribution >= 4 is 44.3 Å². The van der Waals surface area contributed by atoms with Crippen molar-refractivity contribution in [3.63, 3.8) is 0 Å². The highest BCUT2D eigenvalue weighted by Crippen LogP contribution is 2.31. The highest BCUT2D eigenvalue weighted by molar-refractivity contribution is 7.94. The first-order chi connectivity index (χ1) is 11.0. The molecule has 5 nitrogen and oxygen atoms in total. The number of piperazine rings is 1. The highest BCUT2D eigenvalue weighted by atomic mass is 35.5. The molecule has 0 amide bonds. The van der Waals surface area contributed by atoms with Gasteiger partial charge in [0.1, 0.15) is 4.21 Å². The van der Waals surface area contributed by atoms with Crippen LogP contribution in [-0.2, 0) is 10.0 Å². The van der Waals surface area contributed by atoms with Gasteiger partial charge in [0.15, 0.2) is 0 Å². The summed E-state index contributed by atoms with van der Waals surface area (Å²) in [7, 11) is -1.44. The lowest BCUT2D eigenvalue weighted by Crippen LogP contribution is -3.12. The molecule has 0 aliphatic carbocycles. The molecule has 1 aliphatic rings. The molecule has 0 unspecified atom stereocenters. The summed E-state index contributed by atoms with van der Waals surface area (Å²) in [6, 6.07) is 10.6. The fourth-order valence-corrected chi connectivity index (χ4v) is 5.16. The quantitative estimate of drug-likeness (QED) is 0.856. The molecule has 1 aromatic heterocycles. The molecule has 0 radical (unpaired) electrons. The lowest BCUT2D eigenvalue weighted by molar-refractivity contribution is -0.880. The standard InChI is InChI=1S/C15H18ClN3O2S2/c1-18-8-10-19(11-9-18)13-5-3-2-4-12(13)17-23(20,21)15-7-6-14(16)22-15/h2-7,17H,8-11H2,1H3/p+1. The van der Waals surface area contributed by atoms with E-state index in [-0.39, 0.29) is 4.21 Å². The third-order valence-electron chi connectivity index (χ3n) is 3.92. The fourth-order valence-electron chi connectivity index (χ4n) is 2.60. The van der Waals surface area contributed by atoms with Gasteiger partial charge in [0.25, 0.3) is 10.0 Å². The Labute approximate surface area is 145 Å². The predicted molar refractivity (Wildman–Crippen MR) is 95.4 cm³/mol. The Balaban J connectivity index is 1.86. The average molecular weight is 373 g/mol. The van der Waals surface area contributed by atoms with Gasteiger partial charge < -0.3 is 9.80 Å². The third kappa shape index (κ3) is 3.80. The largest absolute Gasteiger partial charge is 0.359 e. The normalized spacial score (nSPS) is 16.5. The Bertz CT molecular complexity index is 784. The maximum atomic E-state index is 12.5. The number of nitrogens with one attached hydrogen (secondary N) is 2. The maximum absolute atomic E-state index is 12.5. The van der Waals surface area contributed by atoms with Gasteiger partial charge in [-0.1, -0.05) is 23.7 Å². The van der Waals surface area contributed by atoms with Crippen molar-refractivity contribution in [3.8, 4) is 0 Å². The summed E-state index contributed by atoms with van der Waals surface area (Å²) in [6.45, 7) is 3.91. The molecule has 8 heteroatoms. The van der Waals surface area contributed by atoms with Gasteiger partial charge in [0.05, 0.1) is 48.9 Å². The summed E-state index contributed by atoms with van der Waals surface area (Å²) in [5, 5.41) is 0. The summed E-state index contributed by atoms with van der Waals surface area (Å²) >= 11 is 6.91. The molecule has 3 rings (SSSR count). The maximum Gasteiger partial charge on any atom is 0.271 e. The van der Waals surface area contributed by atoms with Crippen molar-refractivity contribution in [2.24, 2.45) is 0 Å². The number of likely N-dealkylation sites (N-methyl/N-ethyl adjacent to an activating group) is 1. The number of quaternary nitrogens is 1. The predicted octanol–water partition coefficient (Wildman–Crippen LogP) is 1.54.